The molecule has 0 fully saturated rings. The summed E-state index contributed by atoms with van der Waals surface area (Å²) in [7, 11) is 0. The van der Waals surface area contributed by atoms with Crippen LogP contribution in [0.25, 0.3) is 55.6 Å². The molecular formula is C60H40N2O2. The predicted octanol–water partition coefficient (Wildman–Crippen LogP) is 17.2. The van der Waals surface area contributed by atoms with Gasteiger partial charge in [0.05, 0.1) is 11.4 Å². The monoisotopic (exact) mass is 820 g/mol. The molecule has 2 aliphatic heterocycles. The van der Waals surface area contributed by atoms with Crippen LogP contribution in [0.3, 0.4) is 0 Å². The fourth-order valence-electron chi connectivity index (χ4n) is 9.04. The molecule has 2 aliphatic rings. The van der Waals surface area contributed by atoms with Gasteiger partial charge in [0.2, 0.25) is 0 Å². The Bertz CT molecular complexity index is 3140. The largest absolute Gasteiger partial charge is 0.453 e. The van der Waals surface area contributed by atoms with E-state index in [9.17, 15) is 0 Å². The molecule has 0 amide bonds. The molecule has 64 heavy (non-hydrogen) atoms. The highest BCUT2D eigenvalue weighted by molar-refractivity contribution is 5.95. The van der Waals surface area contributed by atoms with E-state index in [0.29, 0.717) is 0 Å². The van der Waals surface area contributed by atoms with Crippen molar-refractivity contribution in [1.82, 2.24) is 0 Å². The van der Waals surface area contributed by atoms with Gasteiger partial charge in [0.1, 0.15) is 5.69 Å². The number of fused-ring (bicyclic) bond motifs is 4. The normalized spacial score (nSPS) is 12.0. The maximum Gasteiger partial charge on any atom is 0.156 e. The fourth-order valence-corrected chi connectivity index (χ4v) is 9.04. The lowest BCUT2D eigenvalue weighted by molar-refractivity contribution is 0.446. The summed E-state index contributed by atoms with van der Waals surface area (Å²) in [6.45, 7) is 0. The van der Waals surface area contributed by atoms with E-state index < -0.39 is 0 Å². The highest BCUT2D eigenvalue weighted by Gasteiger charge is 2.35. The number of anilines is 6. The molecule has 0 saturated heterocycles. The van der Waals surface area contributed by atoms with E-state index in [-0.39, 0.29) is 0 Å². The molecule has 0 saturated carbocycles. The van der Waals surface area contributed by atoms with Gasteiger partial charge in [-0.15, -0.1) is 0 Å². The Balaban J connectivity index is 0.829. The Morgan fingerprint density at radius 2 is 0.578 bits per heavy atom. The number of hydrogen-bond acceptors (Lipinski definition) is 4. The second-order valence-electron chi connectivity index (χ2n) is 16.2. The van der Waals surface area contributed by atoms with Crippen molar-refractivity contribution in [2.24, 2.45) is 0 Å². The lowest BCUT2D eigenvalue weighted by atomic mass is 9.96. The summed E-state index contributed by atoms with van der Waals surface area (Å²) < 4.78 is 13.1. The van der Waals surface area contributed by atoms with E-state index in [0.717, 1.165) is 90.5 Å². The highest BCUT2D eigenvalue weighted by atomic mass is 16.5. The third-order valence-electron chi connectivity index (χ3n) is 12.3. The van der Waals surface area contributed by atoms with Crippen LogP contribution in [0, 0.1) is 0 Å². The summed E-state index contributed by atoms with van der Waals surface area (Å²) in [6, 6.07) is 85.8. The Morgan fingerprint density at radius 3 is 1.02 bits per heavy atom. The van der Waals surface area contributed by atoms with Gasteiger partial charge in [-0.1, -0.05) is 164 Å². The fraction of sp³-hybridized carbons (Fsp3) is 0. The quantitative estimate of drug-likeness (QED) is 0.152. The van der Waals surface area contributed by atoms with Crippen molar-refractivity contribution in [3.8, 4) is 78.6 Å². The molecular weight excluding hydrogens is 781 g/mol. The van der Waals surface area contributed by atoms with E-state index in [2.05, 4.69) is 216 Å². The molecule has 0 spiro atoms. The summed E-state index contributed by atoms with van der Waals surface area (Å²) in [5, 5.41) is 0. The van der Waals surface area contributed by atoms with E-state index in [1.807, 2.05) is 36.4 Å². The third-order valence-corrected chi connectivity index (χ3v) is 12.3. The average Bonchev–Trinajstić information content (AvgIpc) is 3.37. The van der Waals surface area contributed by atoms with Crippen LogP contribution in [0.15, 0.2) is 243 Å². The van der Waals surface area contributed by atoms with Crippen LogP contribution in [0.5, 0.6) is 23.0 Å². The molecule has 302 valence electrons. The van der Waals surface area contributed by atoms with Gasteiger partial charge in [-0.05, 0) is 134 Å². The van der Waals surface area contributed by atoms with E-state index >= 15 is 0 Å². The second kappa shape index (κ2) is 15.7. The molecule has 0 N–H and O–H groups in total. The Morgan fingerprint density at radius 1 is 0.250 bits per heavy atom. The van der Waals surface area contributed by atoms with Crippen LogP contribution in [-0.4, -0.2) is 0 Å². The van der Waals surface area contributed by atoms with Crippen molar-refractivity contribution >= 4 is 34.1 Å². The maximum absolute atomic E-state index is 6.55. The molecule has 10 aromatic carbocycles. The third kappa shape index (κ3) is 6.75. The van der Waals surface area contributed by atoms with Crippen LogP contribution < -0.4 is 19.3 Å². The van der Waals surface area contributed by atoms with Crippen LogP contribution in [0.1, 0.15) is 0 Å². The Labute approximate surface area is 373 Å². The van der Waals surface area contributed by atoms with Crippen molar-refractivity contribution < 1.29 is 9.47 Å². The van der Waals surface area contributed by atoms with Gasteiger partial charge in [0.25, 0.3) is 0 Å². The lowest BCUT2D eigenvalue weighted by Gasteiger charge is -2.38. The average molecular weight is 821 g/mol. The van der Waals surface area contributed by atoms with Gasteiger partial charge in [-0.2, -0.15) is 0 Å². The first-order valence-corrected chi connectivity index (χ1v) is 21.6. The minimum absolute atomic E-state index is 0.770. The number of para-hydroxylation sites is 4. The minimum Gasteiger partial charge on any atom is -0.453 e. The summed E-state index contributed by atoms with van der Waals surface area (Å²) in [5.74, 6) is 3.18. The number of hydrogen-bond donors (Lipinski definition) is 0. The Kier molecular flexibility index (Phi) is 9.12. The molecule has 4 nitrogen and oxygen atoms in total. The Hall–Kier alpha value is -8.60. The predicted molar refractivity (Wildman–Crippen MR) is 263 cm³/mol. The van der Waals surface area contributed by atoms with Crippen molar-refractivity contribution in [1.29, 1.82) is 0 Å². The molecule has 10 aromatic rings. The zero-order valence-corrected chi connectivity index (χ0v) is 34.8. The highest BCUT2D eigenvalue weighted by Crippen LogP contribution is 2.60. The van der Waals surface area contributed by atoms with Crippen molar-refractivity contribution in [3.05, 3.63) is 243 Å². The SMILES string of the molecule is c1ccc(-c2ccc(N(c3ccc(-c4ccccc4)cc3)c3ccc(-c4ccc(-c5cccc(-c6cc7c8c(c6)Oc6ccccc6N8c6ccccc6O7)c5)cc4)cc3)cc2)cc1. The number of nitrogens with zero attached hydrogens (tertiary/aromatic N) is 2. The van der Waals surface area contributed by atoms with Crippen LogP contribution in [0.4, 0.5) is 34.1 Å². The van der Waals surface area contributed by atoms with Crippen LogP contribution >= 0.6 is 0 Å². The van der Waals surface area contributed by atoms with E-state index in [1.165, 1.54) is 22.3 Å². The first kappa shape index (κ1) is 37.2. The van der Waals surface area contributed by atoms with E-state index in [1.54, 1.807) is 0 Å². The zero-order chi connectivity index (χ0) is 42.4. The lowest BCUT2D eigenvalue weighted by Crippen LogP contribution is -2.20. The number of rotatable bonds is 8. The standard InChI is InChI=1S/C60H40N2O2/c1-3-12-41(13-4-1)44-26-32-51(33-27-44)61(52-34-28-45(29-35-52)42-14-5-2-6-15-42)53-36-30-46(31-37-53)43-22-24-47(25-23-43)48-16-11-17-49(38-48)50-39-58-60-59(40-50)64-57-21-10-8-19-55(57)62(60)54-18-7-9-20-56(54)63-58/h1-40H. The van der Waals surface area contributed by atoms with Gasteiger partial charge in [0.15, 0.2) is 23.0 Å². The summed E-state index contributed by atoms with van der Waals surface area (Å²) in [4.78, 5) is 4.58. The van der Waals surface area contributed by atoms with E-state index in [4.69, 9.17) is 9.47 Å². The summed E-state index contributed by atoms with van der Waals surface area (Å²) in [5.41, 5.74) is 17.7. The maximum atomic E-state index is 6.55. The summed E-state index contributed by atoms with van der Waals surface area (Å²) in [6.07, 6.45) is 0. The minimum atomic E-state index is 0.770. The molecule has 0 bridgehead atoms. The van der Waals surface area contributed by atoms with Crippen LogP contribution in [-0.2, 0) is 0 Å². The van der Waals surface area contributed by atoms with Crippen molar-refractivity contribution in [2.45, 2.75) is 0 Å². The molecule has 4 heteroatoms. The molecule has 0 atom stereocenters. The molecule has 2 heterocycles. The number of benzene rings is 10. The van der Waals surface area contributed by atoms with Crippen molar-refractivity contribution in [3.63, 3.8) is 0 Å². The summed E-state index contributed by atoms with van der Waals surface area (Å²) >= 11 is 0. The van der Waals surface area contributed by atoms with Gasteiger partial charge in [0, 0.05) is 17.1 Å². The topological polar surface area (TPSA) is 24.9 Å². The first-order chi connectivity index (χ1) is 31.7. The zero-order valence-electron chi connectivity index (χ0n) is 34.8. The van der Waals surface area contributed by atoms with Gasteiger partial charge >= 0.3 is 0 Å². The number of ether oxygens (including phenoxy) is 2. The first-order valence-electron chi connectivity index (χ1n) is 21.6. The molecule has 0 unspecified atom stereocenters. The second-order valence-corrected chi connectivity index (χ2v) is 16.2. The molecule has 0 radical (unpaired) electrons. The van der Waals surface area contributed by atoms with Crippen molar-refractivity contribution in [2.75, 3.05) is 9.80 Å². The molecule has 12 rings (SSSR count). The van der Waals surface area contributed by atoms with Gasteiger partial charge in [-0.25, -0.2) is 0 Å². The smallest absolute Gasteiger partial charge is 0.156 e. The van der Waals surface area contributed by atoms with Gasteiger partial charge in [-0.3, -0.25) is 4.90 Å². The van der Waals surface area contributed by atoms with Gasteiger partial charge < -0.3 is 14.4 Å². The molecule has 0 aliphatic carbocycles. The van der Waals surface area contributed by atoms with Crippen LogP contribution in [0.2, 0.25) is 0 Å². The molecule has 0 aromatic heterocycles.